The van der Waals surface area contributed by atoms with Crippen LogP contribution in [0.25, 0.3) is 10.9 Å². The van der Waals surface area contributed by atoms with E-state index in [-0.39, 0.29) is 11.9 Å². The molecule has 1 saturated heterocycles. The lowest BCUT2D eigenvalue weighted by Gasteiger charge is -2.34. The van der Waals surface area contributed by atoms with Gasteiger partial charge in [0.15, 0.2) is 0 Å². The second-order valence-electron chi connectivity index (χ2n) is 7.73. The zero-order valence-electron chi connectivity index (χ0n) is 16.7. The number of ether oxygens (including phenoxy) is 1. The largest absolute Gasteiger partial charge is 0.488 e. The Kier molecular flexibility index (Phi) is 5.67. The molecule has 148 valence electrons. The van der Waals surface area contributed by atoms with Crippen LogP contribution in [0.3, 0.4) is 0 Å². The third-order valence-electron chi connectivity index (χ3n) is 5.27. The second kappa shape index (κ2) is 8.37. The minimum Gasteiger partial charge on any atom is -0.488 e. The minimum absolute atomic E-state index is 0.137. The highest BCUT2D eigenvalue weighted by molar-refractivity contribution is 6.33. The Morgan fingerprint density at radius 3 is 2.59 bits per heavy atom. The molecule has 7 heteroatoms. The number of fused-ring (bicyclic) bond motifs is 1. The van der Waals surface area contributed by atoms with Gasteiger partial charge in [-0.1, -0.05) is 11.5 Å². The first kappa shape index (κ1) is 19.6. The predicted molar refractivity (Wildman–Crippen MR) is 115 cm³/mol. The Labute approximate surface area is 171 Å². The van der Waals surface area contributed by atoms with Crippen molar-refractivity contribution in [2.75, 3.05) is 18.4 Å². The summed E-state index contributed by atoms with van der Waals surface area (Å²) in [7, 11) is 6.07. The fourth-order valence-electron chi connectivity index (χ4n) is 3.64. The van der Waals surface area contributed by atoms with E-state index in [2.05, 4.69) is 34.0 Å². The van der Waals surface area contributed by atoms with Crippen molar-refractivity contribution in [1.29, 1.82) is 0 Å². The molecule has 3 aromatic rings. The number of anilines is 2. The van der Waals surface area contributed by atoms with E-state index in [1.165, 1.54) is 12.1 Å². The lowest BCUT2D eigenvalue weighted by Crippen LogP contribution is -2.41. The van der Waals surface area contributed by atoms with Gasteiger partial charge in [-0.3, -0.25) is 0 Å². The van der Waals surface area contributed by atoms with Gasteiger partial charge in [0.1, 0.15) is 31.0 Å². The molecule has 0 spiro atoms. The van der Waals surface area contributed by atoms with Crippen LogP contribution < -0.4 is 15.5 Å². The van der Waals surface area contributed by atoms with Gasteiger partial charge in [0, 0.05) is 36.4 Å². The van der Waals surface area contributed by atoms with Crippen LogP contribution in [0.15, 0.2) is 42.6 Å². The normalized spacial score (nSPS) is 15.7. The van der Waals surface area contributed by atoms with Crippen LogP contribution in [0, 0.1) is 5.82 Å². The van der Waals surface area contributed by atoms with E-state index in [1.807, 2.05) is 12.1 Å². The molecule has 0 bridgehead atoms. The summed E-state index contributed by atoms with van der Waals surface area (Å²) < 4.78 is 19.4. The van der Waals surface area contributed by atoms with Crippen LogP contribution >= 0.6 is 0 Å². The average molecular weight is 390 g/mol. The molecule has 5 nitrogen and oxygen atoms in total. The molecule has 0 atom stereocenters. The Hall–Kier alpha value is -2.67. The summed E-state index contributed by atoms with van der Waals surface area (Å²) in [5.41, 5.74) is 2.05. The van der Waals surface area contributed by atoms with Gasteiger partial charge in [-0.15, -0.1) is 0 Å². The fraction of sp³-hybridized carbons (Fsp3) is 0.364. The van der Waals surface area contributed by atoms with Gasteiger partial charge in [0.25, 0.3) is 0 Å². The van der Waals surface area contributed by atoms with Crippen LogP contribution in [0.4, 0.5) is 16.0 Å². The van der Waals surface area contributed by atoms with Gasteiger partial charge >= 0.3 is 0 Å². The average Bonchev–Trinajstić information content (AvgIpc) is 2.70. The maximum atomic E-state index is 13.1. The third kappa shape index (κ3) is 4.67. The molecule has 1 N–H and O–H groups in total. The summed E-state index contributed by atoms with van der Waals surface area (Å²) in [6.07, 6.45) is 3.80. The van der Waals surface area contributed by atoms with Crippen molar-refractivity contribution in [3.05, 3.63) is 48.4 Å². The zero-order valence-corrected chi connectivity index (χ0v) is 16.7. The van der Waals surface area contributed by atoms with Gasteiger partial charge < -0.3 is 15.0 Å². The highest BCUT2D eigenvalue weighted by Gasteiger charge is 2.23. The Morgan fingerprint density at radius 1 is 1.17 bits per heavy atom. The zero-order chi connectivity index (χ0) is 20.4. The van der Waals surface area contributed by atoms with E-state index in [0.29, 0.717) is 34.4 Å². The SMILES string of the molecule is [B]c1cc(OC2CCN(C(C)C)CC2)c2nc(Nc3ccc(F)cc3)ncc2c1. The summed E-state index contributed by atoms with van der Waals surface area (Å²) in [5, 5.41) is 3.93. The van der Waals surface area contributed by atoms with E-state index < -0.39 is 0 Å². The van der Waals surface area contributed by atoms with Crippen molar-refractivity contribution >= 4 is 35.8 Å². The second-order valence-corrected chi connectivity index (χ2v) is 7.73. The molecule has 2 radical (unpaired) electrons. The molecule has 1 aliphatic heterocycles. The quantitative estimate of drug-likeness (QED) is 0.676. The van der Waals surface area contributed by atoms with Crippen molar-refractivity contribution in [3.63, 3.8) is 0 Å². The molecule has 0 saturated carbocycles. The lowest BCUT2D eigenvalue weighted by atomic mass is 9.94. The van der Waals surface area contributed by atoms with E-state index in [0.717, 1.165) is 31.3 Å². The predicted octanol–water partition coefficient (Wildman–Crippen LogP) is 3.56. The molecule has 1 aromatic heterocycles. The van der Waals surface area contributed by atoms with Crippen LogP contribution in [0.2, 0.25) is 0 Å². The van der Waals surface area contributed by atoms with Crippen molar-refractivity contribution in [3.8, 4) is 5.75 Å². The van der Waals surface area contributed by atoms with E-state index in [1.54, 1.807) is 18.3 Å². The third-order valence-corrected chi connectivity index (χ3v) is 5.27. The number of rotatable bonds is 5. The van der Waals surface area contributed by atoms with Crippen molar-refractivity contribution in [2.24, 2.45) is 0 Å². The summed E-state index contributed by atoms with van der Waals surface area (Å²) in [5.74, 6) is 0.811. The van der Waals surface area contributed by atoms with Crippen LogP contribution in [-0.2, 0) is 0 Å². The topological polar surface area (TPSA) is 50.3 Å². The number of piperidine rings is 1. The number of nitrogens with zero attached hydrogens (tertiary/aromatic N) is 3. The molecule has 0 aliphatic carbocycles. The lowest BCUT2D eigenvalue weighted by molar-refractivity contribution is 0.0852. The number of nitrogens with one attached hydrogen (secondary N) is 1. The van der Waals surface area contributed by atoms with Gasteiger partial charge in [-0.25, -0.2) is 14.4 Å². The highest BCUT2D eigenvalue weighted by atomic mass is 19.1. The van der Waals surface area contributed by atoms with E-state index in [4.69, 9.17) is 12.6 Å². The van der Waals surface area contributed by atoms with Gasteiger partial charge in [-0.2, -0.15) is 0 Å². The first-order valence-electron chi connectivity index (χ1n) is 9.97. The Balaban J connectivity index is 1.57. The highest BCUT2D eigenvalue weighted by Crippen LogP contribution is 2.27. The molecular formula is C22H24BFN4O. The van der Waals surface area contributed by atoms with E-state index in [9.17, 15) is 4.39 Å². The number of likely N-dealkylation sites (tertiary alicyclic amines) is 1. The molecule has 4 rings (SSSR count). The maximum Gasteiger partial charge on any atom is 0.227 e. The number of halogens is 1. The van der Waals surface area contributed by atoms with Crippen molar-refractivity contribution in [1.82, 2.24) is 14.9 Å². The number of hydrogen-bond donors (Lipinski definition) is 1. The first-order valence-corrected chi connectivity index (χ1v) is 9.97. The maximum absolute atomic E-state index is 13.1. The van der Waals surface area contributed by atoms with Crippen molar-refractivity contribution < 1.29 is 9.13 Å². The molecule has 2 heterocycles. The summed E-state index contributed by atoms with van der Waals surface area (Å²) in [4.78, 5) is 11.4. The number of benzene rings is 2. The molecular weight excluding hydrogens is 366 g/mol. The number of hydrogen-bond acceptors (Lipinski definition) is 5. The molecule has 2 aromatic carbocycles. The standard InChI is InChI=1S/C22H24BFN4O/c1-14(2)28-9-7-19(8-10-28)29-20-12-16(23)11-15-13-25-22(27-21(15)20)26-18-5-3-17(24)4-6-18/h3-6,11-14,19H,7-10H2,1-2H3,(H,25,26,27). The van der Waals surface area contributed by atoms with Crippen molar-refractivity contribution in [2.45, 2.75) is 38.8 Å². The fourth-order valence-corrected chi connectivity index (χ4v) is 3.64. The molecule has 29 heavy (non-hydrogen) atoms. The monoisotopic (exact) mass is 390 g/mol. The molecule has 1 fully saturated rings. The molecule has 0 unspecified atom stereocenters. The van der Waals surface area contributed by atoms with E-state index >= 15 is 0 Å². The minimum atomic E-state index is -0.287. The summed E-state index contributed by atoms with van der Waals surface area (Å²) in [6.45, 7) is 6.49. The van der Waals surface area contributed by atoms with Gasteiger partial charge in [0.05, 0.1) is 0 Å². The van der Waals surface area contributed by atoms with Crippen LogP contribution in [0.1, 0.15) is 26.7 Å². The van der Waals surface area contributed by atoms with Gasteiger partial charge in [-0.05, 0) is 57.0 Å². The summed E-state index contributed by atoms with van der Waals surface area (Å²) in [6, 6.07) is 10.3. The number of aromatic nitrogens is 2. The Bertz CT molecular complexity index is 988. The van der Waals surface area contributed by atoms with Crippen LogP contribution in [0.5, 0.6) is 5.75 Å². The van der Waals surface area contributed by atoms with Gasteiger partial charge in [0.2, 0.25) is 5.95 Å². The molecule has 0 amide bonds. The molecule has 1 aliphatic rings. The first-order chi connectivity index (χ1) is 14.0. The summed E-state index contributed by atoms with van der Waals surface area (Å²) >= 11 is 0. The van der Waals surface area contributed by atoms with Crippen LogP contribution in [-0.4, -0.2) is 47.9 Å². The Morgan fingerprint density at radius 2 is 1.90 bits per heavy atom. The smallest absolute Gasteiger partial charge is 0.227 e.